The number of aromatic nitrogens is 4. The van der Waals surface area contributed by atoms with E-state index in [9.17, 15) is 22.8 Å². The number of hydrogen-bond donors (Lipinski definition) is 1. The molecule has 1 aliphatic heterocycles. The maximum atomic E-state index is 13.5. The fourth-order valence-corrected chi connectivity index (χ4v) is 4.74. The van der Waals surface area contributed by atoms with Crippen LogP contribution in [0.2, 0.25) is 0 Å². The molecule has 0 saturated carbocycles. The van der Waals surface area contributed by atoms with Gasteiger partial charge in [-0.05, 0) is 56.7 Å². The molecular formula is C24H22F3N5O2. The quantitative estimate of drug-likeness (QED) is 0.482. The zero-order valence-electron chi connectivity index (χ0n) is 18.7. The van der Waals surface area contributed by atoms with Crippen LogP contribution >= 0.6 is 0 Å². The van der Waals surface area contributed by atoms with Crippen molar-refractivity contribution in [2.24, 2.45) is 0 Å². The van der Waals surface area contributed by atoms with Crippen molar-refractivity contribution in [3.63, 3.8) is 0 Å². The molecule has 2 atom stereocenters. The fourth-order valence-electron chi connectivity index (χ4n) is 4.74. The second-order valence-corrected chi connectivity index (χ2v) is 8.68. The van der Waals surface area contributed by atoms with Crippen LogP contribution in [0.5, 0.6) is 0 Å². The van der Waals surface area contributed by atoms with Crippen LogP contribution in [0.4, 0.5) is 13.2 Å². The lowest BCUT2D eigenvalue weighted by Gasteiger charge is -2.39. The predicted molar refractivity (Wildman–Crippen MR) is 120 cm³/mol. The predicted octanol–water partition coefficient (Wildman–Crippen LogP) is 4.45. The van der Waals surface area contributed by atoms with Gasteiger partial charge in [0.15, 0.2) is 0 Å². The molecular weight excluding hydrogens is 447 g/mol. The molecule has 5 rings (SSSR count). The molecule has 1 N–H and O–H groups in total. The normalized spacial score (nSPS) is 17.3. The van der Waals surface area contributed by atoms with Crippen LogP contribution in [-0.2, 0) is 12.7 Å². The van der Waals surface area contributed by atoms with Crippen molar-refractivity contribution >= 4 is 16.8 Å². The summed E-state index contributed by atoms with van der Waals surface area (Å²) in [6, 6.07) is 5.86. The molecule has 7 nitrogen and oxygen atoms in total. The number of alkyl halides is 3. The maximum Gasteiger partial charge on any atom is 0.416 e. The van der Waals surface area contributed by atoms with Crippen LogP contribution in [-0.4, -0.2) is 36.0 Å². The Bertz CT molecular complexity index is 1480. The number of pyridine rings is 1. The minimum atomic E-state index is -4.47. The molecule has 3 aromatic heterocycles. The zero-order valence-corrected chi connectivity index (χ0v) is 18.7. The number of rotatable bonds is 3. The van der Waals surface area contributed by atoms with Gasteiger partial charge in [0.1, 0.15) is 11.4 Å². The summed E-state index contributed by atoms with van der Waals surface area (Å²) in [5.74, 6) is -0.349. The van der Waals surface area contributed by atoms with Crippen molar-refractivity contribution in [1.82, 2.24) is 24.0 Å². The van der Waals surface area contributed by atoms with Gasteiger partial charge in [-0.3, -0.25) is 9.59 Å². The summed E-state index contributed by atoms with van der Waals surface area (Å²) in [6.45, 7) is 5.70. The number of carbonyl (C=O) groups excluding carboxylic acids is 1. The highest BCUT2D eigenvalue weighted by atomic mass is 19.4. The molecule has 0 aliphatic carbocycles. The Labute approximate surface area is 192 Å². The first-order valence-electron chi connectivity index (χ1n) is 10.8. The first-order chi connectivity index (χ1) is 16.1. The van der Waals surface area contributed by atoms with Crippen molar-refractivity contribution in [2.45, 2.75) is 45.6 Å². The van der Waals surface area contributed by atoms with Gasteiger partial charge in [-0.1, -0.05) is 0 Å². The summed E-state index contributed by atoms with van der Waals surface area (Å²) < 4.78 is 42.9. The lowest BCUT2D eigenvalue weighted by Crippen LogP contribution is -2.50. The Kier molecular flexibility index (Phi) is 4.92. The molecule has 0 spiro atoms. The van der Waals surface area contributed by atoms with E-state index in [1.54, 1.807) is 47.2 Å². The average Bonchev–Trinajstić information content (AvgIpc) is 3.39. The Morgan fingerprint density at radius 2 is 1.94 bits per heavy atom. The lowest BCUT2D eigenvalue weighted by atomic mass is 10.0. The largest absolute Gasteiger partial charge is 0.416 e. The van der Waals surface area contributed by atoms with E-state index in [-0.39, 0.29) is 29.7 Å². The topological polar surface area (TPSA) is 75.9 Å². The molecule has 0 radical (unpaired) electrons. The monoisotopic (exact) mass is 469 g/mol. The van der Waals surface area contributed by atoms with Crippen LogP contribution in [0.25, 0.3) is 16.6 Å². The van der Waals surface area contributed by atoms with Crippen molar-refractivity contribution in [1.29, 1.82) is 0 Å². The highest BCUT2D eigenvalue weighted by Gasteiger charge is 2.36. The average molecular weight is 469 g/mol. The smallest absolute Gasteiger partial charge is 0.361 e. The van der Waals surface area contributed by atoms with Gasteiger partial charge in [-0.25, -0.2) is 4.98 Å². The number of fused-ring (bicyclic) bond motifs is 2. The summed E-state index contributed by atoms with van der Waals surface area (Å²) in [5.41, 5.74) is 1.49. The number of benzene rings is 1. The van der Waals surface area contributed by atoms with E-state index in [1.807, 2.05) is 13.8 Å². The van der Waals surface area contributed by atoms with Crippen molar-refractivity contribution < 1.29 is 18.0 Å². The zero-order chi connectivity index (χ0) is 24.4. The third kappa shape index (κ3) is 3.41. The second-order valence-electron chi connectivity index (χ2n) is 8.68. The number of nitrogens with zero attached hydrogens (tertiary/aromatic N) is 4. The number of nitrogens with one attached hydrogen (secondary N) is 1. The standard InChI is InChI=1S/C24H22F3N5O2/c1-13-10-30(12-29-13)20-6-7-21-23(34)32(14(2)11-31(21)22(20)33)15(3)18-9-28-19-5-4-16(8-17(18)19)24(25,26)27/h4-10,12,14-15,28H,11H2,1-3H3. The molecule has 4 heterocycles. The van der Waals surface area contributed by atoms with Crippen LogP contribution < -0.4 is 5.56 Å². The van der Waals surface area contributed by atoms with Gasteiger partial charge in [-0.15, -0.1) is 0 Å². The minimum absolute atomic E-state index is 0.242. The fraction of sp³-hybridized carbons (Fsp3) is 0.292. The number of amides is 1. The van der Waals surface area contributed by atoms with E-state index in [4.69, 9.17) is 0 Å². The third-order valence-electron chi connectivity index (χ3n) is 6.43. The summed E-state index contributed by atoms with van der Waals surface area (Å²) in [5, 5.41) is 0.413. The van der Waals surface area contributed by atoms with Crippen LogP contribution in [0.15, 0.2) is 53.8 Å². The number of carbonyl (C=O) groups is 1. The molecule has 4 aromatic rings. The number of imidazole rings is 1. The molecule has 1 aliphatic rings. The molecule has 10 heteroatoms. The maximum absolute atomic E-state index is 13.5. The minimum Gasteiger partial charge on any atom is -0.361 e. The number of aromatic amines is 1. The Morgan fingerprint density at radius 3 is 2.62 bits per heavy atom. The van der Waals surface area contributed by atoms with Gasteiger partial charge < -0.3 is 19.0 Å². The Morgan fingerprint density at radius 1 is 1.18 bits per heavy atom. The van der Waals surface area contributed by atoms with E-state index < -0.39 is 17.8 Å². The molecule has 2 unspecified atom stereocenters. The van der Waals surface area contributed by atoms with Gasteiger partial charge >= 0.3 is 6.18 Å². The summed E-state index contributed by atoms with van der Waals surface area (Å²) >= 11 is 0. The van der Waals surface area contributed by atoms with Gasteiger partial charge in [0.05, 0.1) is 23.6 Å². The van der Waals surface area contributed by atoms with E-state index in [0.717, 1.165) is 17.8 Å². The SMILES string of the molecule is Cc1cn(-c2ccc3n(c2=O)CC(C)N(C(C)c2c[nH]c4ccc(C(F)(F)F)cc24)C3=O)cn1. The lowest BCUT2D eigenvalue weighted by molar-refractivity contribution is -0.137. The third-order valence-corrected chi connectivity index (χ3v) is 6.43. The highest BCUT2D eigenvalue weighted by Crippen LogP contribution is 2.36. The van der Waals surface area contributed by atoms with E-state index in [1.165, 1.54) is 10.6 Å². The van der Waals surface area contributed by atoms with E-state index in [2.05, 4.69) is 9.97 Å². The summed E-state index contributed by atoms with van der Waals surface area (Å²) in [4.78, 5) is 35.4. The Hall–Kier alpha value is -3.82. The first kappa shape index (κ1) is 22.0. The molecule has 0 fully saturated rings. The molecule has 176 valence electrons. The van der Waals surface area contributed by atoms with E-state index >= 15 is 0 Å². The molecule has 0 saturated heterocycles. The van der Waals surface area contributed by atoms with Crippen LogP contribution in [0, 0.1) is 6.92 Å². The molecule has 34 heavy (non-hydrogen) atoms. The molecule has 0 bridgehead atoms. The number of H-pyrrole nitrogens is 1. The summed E-state index contributed by atoms with van der Waals surface area (Å²) in [6.07, 6.45) is 0.458. The number of hydrogen-bond acceptors (Lipinski definition) is 3. The number of halogens is 3. The van der Waals surface area contributed by atoms with Crippen molar-refractivity contribution in [2.75, 3.05) is 0 Å². The highest BCUT2D eigenvalue weighted by molar-refractivity contribution is 5.94. The van der Waals surface area contributed by atoms with Gasteiger partial charge in [0.2, 0.25) is 0 Å². The molecule has 1 amide bonds. The first-order valence-corrected chi connectivity index (χ1v) is 10.8. The Balaban J connectivity index is 1.54. The summed E-state index contributed by atoms with van der Waals surface area (Å²) in [7, 11) is 0. The van der Waals surface area contributed by atoms with Crippen molar-refractivity contribution in [3.05, 3.63) is 81.9 Å². The van der Waals surface area contributed by atoms with Gasteiger partial charge in [-0.2, -0.15) is 13.2 Å². The van der Waals surface area contributed by atoms with Crippen LogP contribution in [0.1, 0.15) is 47.2 Å². The molecule has 1 aromatic carbocycles. The van der Waals surface area contributed by atoms with Crippen LogP contribution in [0.3, 0.4) is 0 Å². The van der Waals surface area contributed by atoms with Gasteiger partial charge in [0, 0.05) is 35.9 Å². The van der Waals surface area contributed by atoms with Gasteiger partial charge in [0.25, 0.3) is 11.5 Å². The van der Waals surface area contributed by atoms with E-state index in [0.29, 0.717) is 22.2 Å². The number of aryl methyl sites for hydroxylation is 1. The second kappa shape index (κ2) is 7.61. The van der Waals surface area contributed by atoms with Crippen molar-refractivity contribution in [3.8, 4) is 5.69 Å².